The molecule has 2 aliphatic heterocycles. The molecule has 0 bridgehead atoms. The van der Waals surface area contributed by atoms with Crippen molar-refractivity contribution in [1.82, 2.24) is 4.90 Å². The third kappa shape index (κ3) is 2.53. The minimum atomic E-state index is 0.701. The van der Waals surface area contributed by atoms with Crippen molar-refractivity contribution in [3.8, 4) is 0 Å². The van der Waals surface area contributed by atoms with Gasteiger partial charge >= 0.3 is 0 Å². The summed E-state index contributed by atoms with van der Waals surface area (Å²) in [6.07, 6.45) is 3.84. The first kappa shape index (κ1) is 11.2. The fourth-order valence-corrected chi connectivity index (χ4v) is 3.13. The van der Waals surface area contributed by atoms with Crippen LogP contribution in [0.4, 0.5) is 0 Å². The predicted molar refractivity (Wildman–Crippen MR) is 69.2 cm³/mol. The normalized spacial score (nSPS) is 27.4. The van der Waals surface area contributed by atoms with E-state index in [1.54, 1.807) is 0 Å². The largest absolute Gasteiger partial charge is 0.380 e. The van der Waals surface area contributed by atoms with Crippen LogP contribution in [0.25, 0.3) is 0 Å². The second-order valence-electron chi connectivity index (χ2n) is 5.24. The van der Waals surface area contributed by atoms with Gasteiger partial charge < -0.3 is 4.74 Å². The van der Waals surface area contributed by atoms with E-state index in [4.69, 9.17) is 4.74 Å². The van der Waals surface area contributed by atoms with Crippen molar-refractivity contribution in [2.45, 2.75) is 31.2 Å². The number of hydrogen-bond acceptors (Lipinski definition) is 2. The Morgan fingerprint density at radius 3 is 2.41 bits per heavy atom. The zero-order valence-corrected chi connectivity index (χ0v) is 10.3. The van der Waals surface area contributed by atoms with E-state index >= 15 is 0 Å². The van der Waals surface area contributed by atoms with Crippen LogP contribution >= 0.6 is 0 Å². The topological polar surface area (TPSA) is 12.5 Å². The van der Waals surface area contributed by atoms with Crippen LogP contribution in [0.2, 0.25) is 0 Å². The Balaban J connectivity index is 1.57. The van der Waals surface area contributed by atoms with E-state index in [2.05, 4.69) is 35.2 Å². The fraction of sp³-hybridized carbons (Fsp3) is 0.600. The molecule has 3 rings (SSSR count). The maximum absolute atomic E-state index is 5.48. The van der Waals surface area contributed by atoms with Gasteiger partial charge in [0.2, 0.25) is 0 Å². The number of nitrogens with zero attached hydrogens (tertiary/aromatic N) is 1. The minimum Gasteiger partial charge on any atom is -0.380 e. The zero-order valence-electron chi connectivity index (χ0n) is 10.3. The summed E-state index contributed by atoms with van der Waals surface area (Å²) in [6.45, 7) is 4.40. The smallest absolute Gasteiger partial charge is 0.0622 e. The van der Waals surface area contributed by atoms with Gasteiger partial charge in [-0.05, 0) is 43.8 Å². The van der Waals surface area contributed by atoms with Crippen LogP contribution in [-0.2, 0) is 4.74 Å². The van der Waals surface area contributed by atoms with Gasteiger partial charge in [0.05, 0.1) is 6.61 Å². The van der Waals surface area contributed by atoms with Gasteiger partial charge in [0.25, 0.3) is 0 Å². The van der Waals surface area contributed by atoms with Crippen LogP contribution in [0, 0.1) is 0 Å². The van der Waals surface area contributed by atoms with E-state index in [0.717, 1.165) is 19.1 Å². The van der Waals surface area contributed by atoms with Gasteiger partial charge in [-0.1, -0.05) is 30.3 Å². The second kappa shape index (κ2) is 5.19. The van der Waals surface area contributed by atoms with Crippen molar-refractivity contribution in [2.24, 2.45) is 0 Å². The first-order valence-corrected chi connectivity index (χ1v) is 6.80. The number of ether oxygens (including phenoxy) is 1. The van der Waals surface area contributed by atoms with Gasteiger partial charge in [0, 0.05) is 12.6 Å². The van der Waals surface area contributed by atoms with Crippen molar-refractivity contribution < 1.29 is 4.74 Å². The number of rotatable bonds is 2. The summed E-state index contributed by atoms with van der Waals surface area (Å²) < 4.78 is 5.48. The van der Waals surface area contributed by atoms with Gasteiger partial charge in [-0.3, -0.25) is 4.90 Å². The van der Waals surface area contributed by atoms with Gasteiger partial charge in [-0.2, -0.15) is 0 Å². The fourth-order valence-electron chi connectivity index (χ4n) is 3.13. The highest BCUT2D eigenvalue weighted by atomic mass is 16.5. The summed E-state index contributed by atoms with van der Waals surface area (Å²) in [5.41, 5.74) is 1.52. The van der Waals surface area contributed by atoms with Crippen LogP contribution < -0.4 is 0 Å². The molecule has 1 aromatic carbocycles. The third-order valence-electron chi connectivity index (χ3n) is 4.22. The molecule has 1 aromatic rings. The Hall–Kier alpha value is -0.860. The molecule has 2 aliphatic rings. The molecule has 1 unspecified atom stereocenters. The Morgan fingerprint density at radius 2 is 1.76 bits per heavy atom. The number of piperidine rings is 1. The molecule has 2 heterocycles. The number of benzene rings is 1. The molecular formula is C15H21NO. The van der Waals surface area contributed by atoms with Crippen LogP contribution in [-0.4, -0.2) is 37.2 Å². The molecular weight excluding hydrogens is 210 g/mol. The highest BCUT2D eigenvalue weighted by molar-refractivity contribution is 5.20. The van der Waals surface area contributed by atoms with Gasteiger partial charge in [-0.15, -0.1) is 0 Å². The maximum atomic E-state index is 5.48. The van der Waals surface area contributed by atoms with E-state index in [0.29, 0.717) is 6.04 Å². The highest BCUT2D eigenvalue weighted by Crippen LogP contribution is 2.29. The number of hydrogen-bond donors (Lipinski definition) is 0. The van der Waals surface area contributed by atoms with Crippen molar-refractivity contribution in [1.29, 1.82) is 0 Å². The third-order valence-corrected chi connectivity index (χ3v) is 4.22. The standard InChI is InChI=1S/C15H21NO/c1-2-4-13(5-3-1)14-6-9-16(10-7-14)15-8-11-17-12-15/h1-5,14-15H,6-12H2. The molecule has 92 valence electrons. The van der Waals surface area contributed by atoms with Crippen molar-refractivity contribution in [3.05, 3.63) is 35.9 Å². The first-order chi connectivity index (χ1) is 8.43. The zero-order chi connectivity index (χ0) is 11.5. The molecule has 0 aliphatic carbocycles. The molecule has 0 spiro atoms. The monoisotopic (exact) mass is 231 g/mol. The van der Waals surface area contributed by atoms with Crippen LogP contribution in [0.15, 0.2) is 30.3 Å². The summed E-state index contributed by atoms with van der Waals surface area (Å²) in [4.78, 5) is 2.63. The Kier molecular flexibility index (Phi) is 3.44. The molecule has 0 saturated carbocycles. The molecule has 2 saturated heterocycles. The first-order valence-electron chi connectivity index (χ1n) is 6.80. The van der Waals surface area contributed by atoms with Crippen LogP contribution in [0.3, 0.4) is 0 Å². The average Bonchev–Trinajstić information content (AvgIpc) is 2.94. The molecule has 0 aromatic heterocycles. The van der Waals surface area contributed by atoms with E-state index in [1.165, 1.54) is 37.9 Å². The van der Waals surface area contributed by atoms with E-state index in [9.17, 15) is 0 Å². The molecule has 0 amide bonds. The summed E-state index contributed by atoms with van der Waals surface area (Å²) >= 11 is 0. The summed E-state index contributed by atoms with van der Waals surface area (Å²) in [5, 5.41) is 0. The molecule has 2 heteroatoms. The van der Waals surface area contributed by atoms with Gasteiger partial charge in [0.15, 0.2) is 0 Å². The Labute approximate surface area is 104 Å². The lowest BCUT2D eigenvalue weighted by atomic mass is 9.89. The number of likely N-dealkylation sites (tertiary alicyclic amines) is 1. The highest BCUT2D eigenvalue weighted by Gasteiger charge is 2.27. The van der Waals surface area contributed by atoms with Crippen LogP contribution in [0.5, 0.6) is 0 Å². The Bertz CT molecular complexity index is 337. The van der Waals surface area contributed by atoms with Crippen molar-refractivity contribution in [2.75, 3.05) is 26.3 Å². The molecule has 0 radical (unpaired) electrons. The Morgan fingerprint density at radius 1 is 1.00 bits per heavy atom. The lowest BCUT2D eigenvalue weighted by Crippen LogP contribution is -2.41. The van der Waals surface area contributed by atoms with E-state index in [1.807, 2.05) is 0 Å². The van der Waals surface area contributed by atoms with E-state index < -0.39 is 0 Å². The maximum Gasteiger partial charge on any atom is 0.0622 e. The summed E-state index contributed by atoms with van der Waals surface area (Å²) in [5.74, 6) is 0.773. The quantitative estimate of drug-likeness (QED) is 0.776. The second-order valence-corrected chi connectivity index (χ2v) is 5.24. The average molecular weight is 231 g/mol. The predicted octanol–water partition coefficient (Wildman–Crippen LogP) is 2.65. The van der Waals surface area contributed by atoms with Crippen LogP contribution in [0.1, 0.15) is 30.7 Å². The van der Waals surface area contributed by atoms with Crippen molar-refractivity contribution >= 4 is 0 Å². The molecule has 0 N–H and O–H groups in total. The SMILES string of the molecule is c1ccc(C2CCN(C3CCOC3)CC2)cc1. The summed E-state index contributed by atoms with van der Waals surface area (Å²) in [7, 11) is 0. The minimum absolute atomic E-state index is 0.701. The molecule has 17 heavy (non-hydrogen) atoms. The van der Waals surface area contributed by atoms with Gasteiger partial charge in [-0.25, -0.2) is 0 Å². The molecule has 2 fully saturated rings. The van der Waals surface area contributed by atoms with Gasteiger partial charge in [0.1, 0.15) is 0 Å². The van der Waals surface area contributed by atoms with Crippen molar-refractivity contribution in [3.63, 3.8) is 0 Å². The molecule has 2 nitrogen and oxygen atoms in total. The lowest BCUT2D eigenvalue weighted by molar-refractivity contribution is 0.122. The van der Waals surface area contributed by atoms with E-state index in [-0.39, 0.29) is 0 Å². The molecule has 1 atom stereocenters. The lowest BCUT2D eigenvalue weighted by Gasteiger charge is -2.35. The summed E-state index contributed by atoms with van der Waals surface area (Å²) in [6, 6.07) is 11.7.